The van der Waals surface area contributed by atoms with E-state index in [0.717, 1.165) is 17.4 Å². The van der Waals surface area contributed by atoms with Gasteiger partial charge in [-0.15, -0.1) is 0 Å². The summed E-state index contributed by atoms with van der Waals surface area (Å²) in [5.74, 6) is 0.764. The molecule has 0 aliphatic heterocycles. The van der Waals surface area contributed by atoms with Crippen LogP contribution < -0.4 is 5.32 Å². The molecule has 0 bridgehead atoms. The van der Waals surface area contributed by atoms with Crippen LogP contribution in [-0.2, 0) is 4.79 Å². The molecule has 3 atom stereocenters. The molecule has 1 aliphatic carbocycles. The number of hydrogen-bond acceptors (Lipinski definition) is 2. The number of carbonyl (C=O) groups excluding carboxylic acids is 1. The van der Waals surface area contributed by atoms with Crippen molar-refractivity contribution in [1.29, 1.82) is 0 Å². The molecule has 1 aliphatic rings. The van der Waals surface area contributed by atoms with E-state index in [4.69, 9.17) is 0 Å². The average Bonchev–Trinajstić information content (AvgIpc) is 3.16. The number of amides is 1. The lowest BCUT2D eigenvalue weighted by atomic mass is 10.1. The van der Waals surface area contributed by atoms with Crippen molar-refractivity contribution in [2.75, 3.05) is 20.6 Å². The number of likely N-dealkylation sites (N-methyl/N-ethyl adjacent to an activating group) is 1. The molecule has 3 nitrogen and oxygen atoms in total. The maximum absolute atomic E-state index is 12.0. The number of rotatable bonds is 5. The van der Waals surface area contributed by atoms with Gasteiger partial charge in [0.25, 0.3) is 0 Å². The van der Waals surface area contributed by atoms with Crippen LogP contribution in [-0.4, -0.2) is 37.5 Å². The van der Waals surface area contributed by atoms with Crippen LogP contribution in [0.15, 0.2) is 28.7 Å². The Labute approximate surface area is 123 Å². The summed E-state index contributed by atoms with van der Waals surface area (Å²) in [5.41, 5.74) is 1.27. The highest BCUT2D eigenvalue weighted by molar-refractivity contribution is 9.10. The van der Waals surface area contributed by atoms with E-state index in [1.807, 2.05) is 26.2 Å². The highest BCUT2D eigenvalue weighted by atomic mass is 79.9. The Kier molecular flexibility index (Phi) is 4.63. The zero-order valence-corrected chi connectivity index (χ0v) is 13.3. The van der Waals surface area contributed by atoms with Gasteiger partial charge in [0, 0.05) is 23.0 Å². The Morgan fingerprint density at radius 1 is 1.42 bits per heavy atom. The summed E-state index contributed by atoms with van der Waals surface area (Å²) in [6, 6.07) is 8.65. The second-order valence-electron chi connectivity index (χ2n) is 5.56. The second kappa shape index (κ2) is 6.06. The molecule has 1 saturated carbocycles. The Morgan fingerprint density at radius 2 is 2.05 bits per heavy atom. The molecular formula is C15H21BrN2O. The monoisotopic (exact) mass is 324 g/mol. The van der Waals surface area contributed by atoms with Crippen molar-refractivity contribution in [3.05, 3.63) is 34.3 Å². The summed E-state index contributed by atoms with van der Waals surface area (Å²) in [6.45, 7) is 2.83. The number of halogens is 1. The molecule has 4 heteroatoms. The van der Waals surface area contributed by atoms with Gasteiger partial charge in [-0.2, -0.15) is 0 Å². The molecule has 0 radical (unpaired) electrons. The van der Waals surface area contributed by atoms with Crippen LogP contribution in [0.2, 0.25) is 0 Å². The number of nitrogens with zero attached hydrogens (tertiary/aromatic N) is 1. The Hall–Kier alpha value is -0.870. The summed E-state index contributed by atoms with van der Waals surface area (Å²) in [5, 5.41) is 3.05. The first-order chi connectivity index (χ1) is 8.99. The quantitative estimate of drug-likeness (QED) is 0.903. The van der Waals surface area contributed by atoms with E-state index in [9.17, 15) is 4.79 Å². The van der Waals surface area contributed by atoms with Crippen molar-refractivity contribution in [2.45, 2.75) is 25.3 Å². The highest BCUT2D eigenvalue weighted by Gasteiger charge is 2.43. The van der Waals surface area contributed by atoms with E-state index < -0.39 is 0 Å². The molecule has 2 rings (SSSR count). The van der Waals surface area contributed by atoms with Gasteiger partial charge in [0.2, 0.25) is 5.91 Å². The fraction of sp³-hybridized carbons (Fsp3) is 0.533. The van der Waals surface area contributed by atoms with Crippen LogP contribution in [0, 0.1) is 5.92 Å². The fourth-order valence-electron chi connectivity index (χ4n) is 2.13. The Morgan fingerprint density at radius 3 is 2.63 bits per heavy atom. The summed E-state index contributed by atoms with van der Waals surface area (Å²) >= 11 is 3.43. The molecule has 0 saturated heterocycles. The van der Waals surface area contributed by atoms with Crippen molar-refractivity contribution >= 4 is 21.8 Å². The van der Waals surface area contributed by atoms with Gasteiger partial charge in [-0.05, 0) is 51.1 Å². The van der Waals surface area contributed by atoms with Gasteiger partial charge in [0.1, 0.15) is 0 Å². The molecule has 0 heterocycles. The largest absolute Gasteiger partial charge is 0.354 e. The molecule has 1 N–H and O–H groups in total. The SMILES string of the molecule is C[C@H](CNC(=O)[C@H]1C[C@H]1c1ccc(Br)cc1)N(C)C. The first-order valence-electron chi connectivity index (χ1n) is 6.68. The minimum absolute atomic E-state index is 0.163. The first kappa shape index (κ1) is 14.5. The smallest absolute Gasteiger partial charge is 0.223 e. The topological polar surface area (TPSA) is 32.3 Å². The van der Waals surface area contributed by atoms with Crippen LogP contribution in [0.25, 0.3) is 0 Å². The molecular weight excluding hydrogens is 304 g/mol. The lowest BCUT2D eigenvalue weighted by Gasteiger charge is -2.19. The Balaban J connectivity index is 1.82. The molecule has 0 aromatic heterocycles. The standard InChI is InChI=1S/C15H21BrN2O/c1-10(18(2)3)9-17-15(19)14-8-13(14)11-4-6-12(16)7-5-11/h4-7,10,13-14H,8-9H2,1-3H3,(H,17,19)/t10-,13+,14+/m1/s1. The number of carbonyl (C=O) groups is 1. The molecule has 1 aromatic rings. The highest BCUT2D eigenvalue weighted by Crippen LogP contribution is 2.47. The maximum atomic E-state index is 12.0. The summed E-state index contributed by atoms with van der Waals surface area (Å²) in [6.07, 6.45) is 0.976. The lowest BCUT2D eigenvalue weighted by Crippen LogP contribution is -2.38. The van der Waals surface area contributed by atoms with E-state index in [0.29, 0.717) is 12.0 Å². The molecule has 0 unspecified atom stereocenters. The predicted octanol–water partition coefficient (Wildman–Crippen LogP) is 2.62. The molecule has 19 heavy (non-hydrogen) atoms. The molecule has 0 spiro atoms. The Bertz CT molecular complexity index is 444. The zero-order chi connectivity index (χ0) is 14.0. The van der Waals surface area contributed by atoms with E-state index in [2.05, 4.69) is 45.2 Å². The van der Waals surface area contributed by atoms with Gasteiger partial charge < -0.3 is 10.2 Å². The minimum Gasteiger partial charge on any atom is -0.354 e. The van der Waals surface area contributed by atoms with Crippen molar-refractivity contribution in [2.24, 2.45) is 5.92 Å². The van der Waals surface area contributed by atoms with E-state index in [-0.39, 0.29) is 11.8 Å². The molecule has 1 aromatic carbocycles. The minimum atomic E-state index is 0.163. The number of hydrogen-bond donors (Lipinski definition) is 1. The third kappa shape index (κ3) is 3.80. The third-order valence-corrected chi connectivity index (χ3v) is 4.41. The average molecular weight is 325 g/mol. The predicted molar refractivity (Wildman–Crippen MR) is 81.1 cm³/mol. The first-order valence-corrected chi connectivity index (χ1v) is 7.48. The van der Waals surface area contributed by atoms with Crippen LogP contribution >= 0.6 is 15.9 Å². The summed E-state index contributed by atoms with van der Waals surface area (Å²) < 4.78 is 1.08. The van der Waals surface area contributed by atoms with Crippen LogP contribution in [0.3, 0.4) is 0 Å². The second-order valence-corrected chi connectivity index (χ2v) is 6.47. The van der Waals surface area contributed by atoms with E-state index in [1.54, 1.807) is 0 Å². The van der Waals surface area contributed by atoms with Gasteiger partial charge >= 0.3 is 0 Å². The fourth-order valence-corrected chi connectivity index (χ4v) is 2.39. The van der Waals surface area contributed by atoms with E-state index in [1.165, 1.54) is 5.56 Å². The number of nitrogens with one attached hydrogen (secondary N) is 1. The zero-order valence-electron chi connectivity index (χ0n) is 11.7. The normalized spacial score (nSPS) is 23.2. The van der Waals surface area contributed by atoms with Crippen molar-refractivity contribution in [3.63, 3.8) is 0 Å². The van der Waals surface area contributed by atoms with Gasteiger partial charge in [-0.3, -0.25) is 4.79 Å². The molecule has 1 amide bonds. The van der Waals surface area contributed by atoms with Crippen LogP contribution in [0.1, 0.15) is 24.8 Å². The maximum Gasteiger partial charge on any atom is 0.223 e. The third-order valence-electron chi connectivity index (χ3n) is 3.88. The number of benzene rings is 1. The van der Waals surface area contributed by atoms with Gasteiger partial charge in [-0.25, -0.2) is 0 Å². The van der Waals surface area contributed by atoms with Gasteiger partial charge in [-0.1, -0.05) is 28.1 Å². The van der Waals surface area contributed by atoms with Crippen molar-refractivity contribution in [1.82, 2.24) is 10.2 Å². The van der Waals surface area contributed by atoms with E-state index >= 15 is 0 Å². The van der Waals surface area contributed by atoms with Crippen molar-refractivity contribution < 1.29 is 4.79 Å². The van der Waals surface area contributed by atoms with Gasteiger partial charge in [0.05, 0.1) is 0 Å². The van der Waals surface area contributed by atoms with Crippen molar-refractivity contribution in [3.8, 4) is 0 Å². The van der Waals surface area contributed by atoms with Gasteiger partial charge in [0.15, 0.2) is 0 Å². The lowest BCUT2D eigenvalue weighted by molar-refractivity contribution is -0.122. The van der Waals surface area contributed by atoms with Crippen LogP contribution in [0.4, 0.5) is 0 Å². The van der Waals surface area contributed by atoms with Crippen LogP contribution in [0.5, 0.6) is 0 Å². The summed E-state index contributed by atoms with van der Waals surface area (Å²) in [4.78, 5) is 14.2. The molecule has 1 fully saturated rings. The molecule has 104 valence electrons. The summed E-state index contributed by atoms with van der Waals surface area (Å²) in [7, 11) is 4.05.